The van der Waals surface area contributed by atoms with E-state index in [2.05, 4.69) is 15.0 Å². The van der Waals surface area contributed by atoms with Gasteiger partial charge >= 0.3 is 5.97 Å². The van der Waals surface area contributed by atoms with Crippen molar-refractivity contribution in [3.63, 3.8) is 0 Å². The number of carbonyl (C=O) groups excluding carboxylic acids is 2. The molecular formula is C18H19ClF2N2O3Si-. The van der Waals surface area contributed by atoms with Crippen molar-refractivity contribution >= 4 is 42.4 Å². The van der Waals surface area contributed by atoms with Gasteiger partial charge in [0.25, 0.3) is 0 Å². The van der Waals surface area contributed by atoms with Gasteiger partial charge in [0.15, 0.2) is 5.69 Å². The smallest absolute Gasteiger partial charge is 0.358 e. The van der Waals surface area contributed by atoms with Crippen molar-refractivity contribution in [2.75, 3.05) is 12.4 Å². The number of rotatable bonds is 4. The van der Waals surface area contributed by atoms with E-state index in [1.54, 1.807) is 0 Å². The van der Waals surface area contributed by atoms with Gasteiger partial charge in [-0.3, -0.25) is 4.79 Å². The van der Waals surface area contributed by atoms with Crippen LogP contribution < -0.4 is 10.5 Å². The highest BCUT2D eigenvalue weighted by Gasteiger charge is 2.22. The van der Waals surface area contributed by atoms with Crippen molar-refractivity contribution in [2.24, 2.45) is 0 Å². The van der Waals surface area contributed by atoms with Gasteiger partial charge < -0.3 is 10.1 Å². The summed E-state index contributed by atoms with van der Waals surface area (Å²) in [7, 11) is -0.964. The van der Waals surface area contributed by atoms with E-state index in [0.717, 1.165) is 19.2 Å². The minimum atomic E-state index is -2.10. The van der Waals surface area contributed by atoms with E-state index >= 15 is 0 Å². The van der Waals surface area contributed by atoms with Crippen LogP contribution >= 0.6 is 11.6 Å². The van der Waals surface area contributed by atoms with Crippen LogP contribution in [0.15, 0.2) is 18.2 Å². The minimum absolute atomic E-state index is 0.0450. The number of hydrogen-bond donors (Lipinski definition) is 1. The van der Waals surface area contributed by atoms with Gasteiger partial charge in [-0.25, -0.2) is 18.6 Å². The number of anilines is 1. The first-order valence-electron chi connectivity index (χ1n) is 8.02. The Morgan fingerprint density at radius 2 is 1.78 bits per heavy atom. The first-order valence-corrected chi connectivity index (χ1v) is 11.9. The van der Waals surface area contributed by atoms with E-state index < -0.39 is 31.6 Å². The molecular weight excluding hydrogens is 394 g/mol. The molecule has 1 amide bonds. The number of ether oxygens (including phenoxy) is 1. The van der Waals surface area contributed by atoms with E-state index in [-0.39, 0.29) is 27.7 Å². The molecule has 0 aliphatic rings. The van der Waals surface area contributed by atoms with E-state index in [1.165, 1.54) is 13.0 Å². The molecule has 0 unspecified atom stereocenters. The molecule has 1 heterocycles. The number of halogens is 3. The zero-order valence-electron chi connectivity index (χ0n) is 15.5. The van der Waals surface area contributed by atoms with Crippen LogP contribution in [0.4, 0.5) is 14.5 Å². The van der Waals surface area contributed by atoms with Gasteiger partial charge in [-0.05, 0) is 12.1 Å². The summed E-state index contributed by atoms with van der Waals surface area (Å²) in [5, 5.41) is 2.63. The summed E-state index contributed by atoms with van der Waals surface area (Å²) in [4.78, 5) is 27.4. The molecule has 0 aliphatic carbocycles. The number of amides is 1. The maximum atomic E-state index is 14.7. The first-order chi connectivity index (χ1) is 12.5. The lowest BCUT2D eigenvalue weighted by molar-refractivity contribution is -0.114. The minimum Gasteiger partial charge on any atom is -0.464 e. The van der Waals surface area contributed by atoms with E-state index in [9.17, 15) is 18.4 Å². The lowest BCUT2D eigenvalue weighted by atomic mass is 10.1. The van der Waals surface area contributed by atoms with Gasteiger partial charge in [0.05, 0.1) is 29.3 Å². The van der Waals surface area contributed by atoms with Gasteiger partial charge in [-0.15, -0.1) is 13.3 Å². The van der Waals surface area contributed by atoms with Crippen molar-refractivity contribution in [1.82, 2.24) is 4.98 Å². The van der Waals surface area contributed by atoms with Crippen molar-refractivity contribution in [3.8, 4) is 11.3 Å². The highest BCUT2D eigenvalue weighted by Crippen LogP contribution is 2.32. The Balaban J connectivity index is 2.73. The zero-order valence-corrected chi connectivity index (χ0v) is 17.3. The highest BCUT2D eigenvalue weighted by atomic mass is 35.5. The average molecular weight is 413 g/mol. The summed E-state index contributed by atoms with van der Waals surface area (Å²) < 4.78 is 33.9. The molecule has 0 fully saturated rings. The van der Waals surface area contributed by atoms with Crippen LogP contribution in [0.25, 0.3) is 11.3 Å². The van der Waals surface area contributed by atoms with Crippen molar-refractivity contribution in [2.45, 2.75) is 26.6 Å². The van der Waals surface area contributed by atoms with Gasteiger partial charge in [-0.2, -0.15) is 19.6 Å². The molecule has 0 saturated carbocycles. The summed E-state index contributed by atoms with van der Waals surface area (Å²) in [5.41, 5.74) is -0.469. The largest absolute Gasteiger partial charge is 0.464 e. The van der Waals surface area contributed by atoms with E-state index in [0.29, 0.717) is 5.19 Å². The second-order valence-corrected chi connectivity index (χ2v) is 12.4. The molecule has 0 atom stereocenters. The fourth-order valence-electron chi connectivity index (χ4n) is 2.50. The molecule has 1 aromatic carbocycles. The topological polar surface area (TPSA) is 68.3 Å². The molecule has 145 valence electrons. The SMILES string of the molecule is COC(=O)c1nc(-c2cc(F)c([Si-](C)(C)C)cc2F)cc(NC(C)=O)c1Cl. The number of nitrogens with one attached hydrogen (secondary N) is 1. The third-order valence-corrected chi connectivity index (χ3v) is 6.17. The first kappa shape index (κ1) is 21.0. The number of methoxy groups -OCH3 is 1. The second-order valence-electron chi connectivity index (χ2n) is 6.95. The molecule has 0 radical (unpaired) electrons. The van der Waals surface area contributed by atoms with Crippen LogP contribution in [0.5, 0.6) is 0 Å². The number of hydrogen-bond acceptors (Lipinski definition) is 4. The average Bonchev–Trinajstić information content (AvgIpc) is 2.56. The molecule has 5 nitrogen and oxygen atoms in total. The van der Waals surface area contributed by atoms with E-state index in [1.807, 2.05) is 19.6 Å². The quantitative estimate of drug-likeness (QED) is 0.609. The predicted octanol–water partition coefficient (Wildman–Crippen LogP) is 3.97. The normalized spacial score (nSPS) is 11.3. The van der Waals surface area contributed by atoms with Crippen molar-refractivity contribution in [1.29, 1.82) is 0 Å². The summed E-state index contributed by atoms with van der Waals surface area (Å²) in [6.45, 7) is 6.94. The number of carbonyl (C=O) groups is 2. The fraction of sp³-hybridized carbons (Fsp3) is 0.278. The van der Waals surface area contributed by atoms with Crippen LogP contribution in [-0.2, 0) is 9.53 Å². The molecule has 0 bridgehead atoms. The molecule has 0 aliphatic heterocycles. The van der Waals surface area contributed by atoms with Gasteiger partial charge in [0.2, 0.25) is 5.91 Å². The lowest BCUT2D eigenvalue weighted by Crippen LogP contribution is -2.40. The monoisotopic (exact) mass is 412 g/mol. The molecule has 27 heavy (non-hydrogen) atoms. The van der Waals surface area contributed by atoms with Crippen LogP contribution in [-0.4, -0.2) is 32.0 Å². The predicted molar refractivity (Wildman–Crippen MR) is 103 cm³/mol. The Morgan fingerprint density at radius 1 is 1.15 bits per heavy atom. The van der Waals surface area contributed by atoms with Gasteiger partial charge in [-0.1, -0.05) is 17.7 Å². The van der Waals surface area contributed by atoms with Crippen molar-refractivity contribution < 1.29 is 23.1 Å². The molecule has 9 heteroatoms. The second kappa shape index (κ2) is 7.73. The molecule has 0 saturated heterocycles. The third-order valence-electron chi connectivity index (χ3n) is 3.79. The maximum absolute atomic E-state index is 14.7. The van der Waals surface area contributed by atoms with Crippen LogP contribution in [0.3, 0.4) is 0 Å². The Hall–Kier alpha value is -2.32. The number of pyridine rings is 1. The summed E-state index contributed by atoms with van der Waals surface area (Å²) >= 11 is 6.10. The summed E-state index contributed by atoms with van der Waals surface area (Å²) in [6, 6.07) is 3.48. The Labute approximate surface area is 161 Å². The molecule has 1 N–H and O–H groups in total. The van der Waals surface area contributed by atoms with Crippen molar-refractivity contribution in [3.05, 3.63) is 40.6 Å². The third kappa shape index (κ3) is 4.51. The van der Waals surface area contributed by atoms with Gasteiger partial charge in [0.1, 0.15) is 5.82 Å². The Kier molecular flexibility index (Phi) is 6.01. The number of aromatic nitrogens is 1. The zero-order chi connectivity index (χ0) is 20.5. The standard InChI is InChI=1S/C18H19ClF2N2O3Si/c1-9(24)22-14-8-13(23-17(16(14)19)18(25)26-2)10-6-12(21)15(7-11(10)20)27(3,4)5/h6-8H,1-5H3,(H,22,23,24)/q-1. The maximum Gasteiger partial charge on any atom is 0.358 e. The molecule has 2 rings (SSSR count). The Bertz CT molecular complexity index is 930. The van der Waals surface area contributed by atoms with Crippen LogP contribution in [0, 0.1) is 11.6 Å². The summed E-state index contributed by atoms with van der Waals surface area (Å²) in [6.07, 6.45) is 0. The molecule has 0 spiro atoms. The Morgan fingerprint density at radius 3 is 2.30 bits per heavy atom. The number of benzene rings is 1. The lowest BCUT2D eigenvalue weighted by Gasteiger charge is -2.30. The van der Waals surface area contributed by atoms with Crippen LogP contribution in [0.1, 0.15) is 17.4 Å². The number of nitrogens with zero attached hydrogens (tertiary/aromatic N) is 1. The van der Waals surface area contributed by atoms with Gasteiger partial charge in [0, 0.05) is 12.5 Å². The van der Waals surface area contributed by atoms with E-state index in [4.69, 9.17) is 11.6 Å². The highest BCUT2D eigenvalue weighted by molar-refractivity contribution is 6.88. The fourth-order valence-corrected chi connectivity index (χ4v) is 4.07. The molecule has 1 aromatic heterocycles. The molecule has 2 aromatic rings. The summed E-state index contributed by atoms with van der Waals surface area (Å²) in [5.74, 6) is -2.56. The number of esters is 1. The van der Waals surface area contributed by atoms with Crippen LogP contribution in [0.2, 0.25) is 24.7 Å².